The maximum atomic E-state index is 12.2. The van der Waals surface area contributed by atoms with E-state index >= 15 is 0 Å². The number of aliphatic hydroxyl groups excluding tert-OH is 3. The van der Waals surface area contributed by atoms with Crippen LogP contribution in [0.4, 0.5) is 0 Å². The van der Waals surface area contributed by atoms with Gasteiger partial charge in [-0.15, -0.1) is 4.89 Å². The molecule has 0 bridgehead atoms. The van der Waals surface area contributed by atoms with Gasteiger partial charge in [0.05, 0.1) is 6.61 Å². The lowest BCUT2D eigenvalue weighted by Crippen LogP contribution is -2.59. The molecule has 10 heteroatoms. The van der Waals surface area contributed by atoms with Gasteiger partial charge in [-0.3, -0.25) is 14.5 Å². The van der Waals surface area contributed by atoms with E-state index in [9.17, 15) is 29.7 Å². The zero-order chi connectivity index (χ0) is 18.3. The van der Waals surface area contributed by atoms with Gasteiger partial charge in [-0.25, -0.2) is 4.79 Å². The fraction of sp³-hybridized carbons (Fsp3) is 0.357. The van der Waals surface area contributed by atoms with Crippen molar-refractivity contribution in [2.24, 2.45) is 0 Å². The quantitative estimate of drug-likeness (QED) is 0.133. The van der Waals surface area contributed by atoms with Crippen molar-refractivity contribution in [2.45, 2.75) is 24.9 Å². The molecule has 1 aromatic rings. The predicted octanol–water partition coefficient (Wildman–Crippen LogP) is -1.73. The maximum absolute atomic E-state index is 12.2. The number of carbonyl (C=O) groups is 3. The highest BCUT2D eigenvalue weighted by Gasteiger charge is 2.53. The Morgan fingerprint density at radius 3 is 2.25 bits per heavy atom. The van der Waals surface area contributed by atoms with Crippen LogP contribution in [0.2, 0.25) is 0 Å². The van der Waals surface area contributed by atoms with Gasteiger partial charge in [0.1, 0.15) is 12.2 Å². The molecule has 132 valence electrons. The van der Waals surface area contributed by atoms with Crippen LogP contribution >= 0.6 is 0 Å². The number of benzene rings is 1. The molecule has 0 saturated carbocycles. The van der Waals surface area contributed by atoms with Gasteiger partial charge in [-0.1, -0.05) is 30.3 Å². The molecule has 0 aliphatic carbocycles. The maximum Gasteiger partial charge on any atom is 0.342 e. The Bertz CT molecular complexity index is 586. The van der Waals surface area contributed by atoms with E-state index in [1.54, 1.807) is 6.07 Å². The van der Waals surface area contributed by atoms with E-state index in [1.807, 2.05) is 0 Å². The van der Waals surface area contributed by atoms with Crippen LogP contribution in [0.1, 0.15) is 17.3 Å². The lowest BCUT2D eigenvalue weighted by Gasteiger charge is -2.30. The van der Waals surface area contributed by atoms with Crippen LogP contribution in [0.15, 0.2) is 30.3 Å². The lowest BCUT2D eigenvalue weighted by molar-refractivity contribution is -0.546. The fourth-order valence-corrected chi connectivity index (χ4v) is 1.58. The summed E-state index contributed by atoms with van der Waals surface area (Å²) in [4.78, 5) is 43.0. The number of aliphatic hydroxyl groups is 4. The molecule has 10 nitrogen and oxygen atoms in total. The largest absolute Gasteiger partial charge is 0.394 e. The number of rotatable bonds is 9. The molecule has 0 aromatic heterocycles. The smallest absolute Gasteiger partial charge is 0.342 e. The first-order valence-electron chi connectivity index (χ1n) is 6.60. The van der Waals surface area contributed by atoms with Crippen LogP contribution in [0.25, 0.3) is 0 Å². The summed E-state index contributed by atoms with van der Waals surface area (Å²) < 4.78 is 0. The summed E-state index contributed by atoms with van der Waals surface area (Å²) in [5, 5.41) is 42.0. The van der Waals surface area contributed by atoms with E-state index in [1.165, 1.54) is 24.3 Å². The van der Waals surface area contributed by atoms with Gasteiger partial charge in [0.15, 0.2) is 0 Å². The molecular formula is C14H16O10. The molecule has 3 atom stereocenters. The minimum atomic E-state index is -3.44. The minimum absolute atomic E-state index is 0.150. The van der Waals surface area contributed by atoms with Gasteiger partial charge in [-0.2, -0.15) is 0 Å². The Kier molecular flexibility index (Phi) is 7.10. The molecule has 0 spiro atoms. The Morgan fingerprint density at radius 1 is 1.17 bits per heavy atom. The molecular weight excluding hydrogens is 328 g/mol. The molecule has 1 rings (SSSR count). The third-order valence-electron chi connectivity index (χ3n) is 2.83. The lowest BCUT2D eigenvalue weighted by atomic mass is 9.94. The summed E-state index contributed by atoms with van der Waals surface area (Å²) in [6.45, 7) is -0.175. The van der Waals surface area contributed by atoms with Crippen molar-refractivity contribution < 1.29 is 49.6 Å². The van der Waals surface area contributed by atoms with Crippen molar-refractivity contribution in [2.75, 3.05) is 6.61 Å². The van der Waals surface area contributed by atoms with Crippen LogP contribution < -0.4 is 0 Å². The molecule has 0 radical (unpaired) electrons. The third kappa shape index (κ3) is 4.64. The van der Waals surface area contributed by atoms with E-state index in [0.717, 1.165) is 6.92 Å². The molecule has 4 N–H and O–H groups in total. The van der Waals surface area contributed by atoms with E-state index in [4.69, 9.17) is 5.11 Å². The highest BCUT2D eigenvalue weighted by molar-refractivity contribution is 6.46. The number of hydrogen-bond donors (Lipinski definition) is 4. The molecule has 0 saturated heterocycles. The van der Waals surface area contributed by atoms with E-state index in [0.29, 0.717) is 0 Å². The van der Waals surface area contributed by atoms with Crippen LogP contribution in [0, 0.1) is 0 Å². The van der Waals surface area contributed by atoms with Crippen LogP contribution in [0.5, 0.6) is 0 Å². The fourth-order valence-electron chi connectivity index (χ4n) is 1.58. The van der Waals surface area contributed by atoms with E-state index in [2.05, 4.69) is 14.8 Å². The second-order valence-electron chi connectivity index (χ2n) is 4.64. The molecule has 0 amide bonds. The SMILES string of the molecule is CC(=O)OOO[C@](O)(C(=O)C(=O)c1ccccc1)[C@H](O)[C@H](O)CO. The second-order valence-corrected chi connectivity index (χ2v) is 4.64. The van der Waals surface area contributed by atoms with Crippen molar-refractivity contribution in [1.82, 2.24) is 0 Å². The molecule has 0 aliphatic heterocycles. The summed E-state index contributed by atoms with van der Waals surface area (Å²) in [6.07, 6.45) is -4.55. The number of ketones is 2. The minimum Gasteiger partial charge on any atom is -0.394 e. The molecule has 0 unspecified atom stereocenters. The van der Waals surface area contributed by atoms with Gasteiger partial charge in [0.25, 0.3) is 11.6 Å². The molecule has 0 heterocycles. The van der Waals surface area contributed by atoms with Gasteiger partial charge in [-0.05, 0) is 5.04 Å². The standard InChI is InChI=1S/C14H16O10/c1-8(16)22-24-23-14(21,12(19)10(17)7-15)13(20)11(18)9-5-3-2-4-6-9/h2-6,10,12,15,17,19,21H,7H2,1H3/t10-,12-,14+/m1/s1. The highest BCUT2D eigenvalue weighted by atomic mass is 17.5. The van der Waals surface area contributed by atoms with Gasteiger partial charge < -0.3 is 20.4 Å². The summed E-state index contributed by atoms with van der Waals surface area (Å²) in [5.41, 5.74) is -0.150. The number of hydrogen-bond acceptors (Lipinski definition) is 10. The summed E-state index contributed by atoms with van der Waals surface area (Å²) in [6, 6.07) is 6.95. The normalized spacial score (nSPS) is 15.9. The van der Waals surface area contributed by atoms with Crippen LogP contribution in [-0.2, 0) is 24.4 Å². The highest BCUT2D eigenvalue weighted by Crippen LogP contribution is 2.21. The van der Waals surface area contributed by atoms with E-state index in [-0.39, 0.29) is 5.56 Å². The molecule has 0 aliphatic rings. The average Bonchev–Trinajstić information content (AvgIpc) is 2.59. The Balaban J connectivity index is 3.08. The zero-order valence-corrected chi connectivity index (χ0v) is 12.5. The Labute approximate surface area is 135 Å². The molecule has 24 heavy (non-hydrogen) atoms. The summed E-state index contributed by atoms with van der Waals surface area (Å²) in [5.74, 6) is -7.48. The van der Waals surface area contributed by atoms with Crippen molar-refractivity contribution in [3.63, 3.8) is 0 Å². The van der Waals surface area contributed by atoms with Gasteiger partial charge in [0, 0.05) is 12.5 Å². The average molecular weight is 344 g/mol. The summed E-state index contributed by atoms with van der Waals surface area (Å²) >= 11 is 0. The molecule has 1 aromatic carbocycles. The topological polar surface area (TPSA) is 160 Å². The van der Waals surface area contributed by atoms with Crippen molar-refractivity contribution in [3.05, 3.63) is 35.9 Å². The predicted molar refractivity (Wildman–Crippen MR) is 73.8 cm³/mol. The van der Waals surface area contributed by atoms with Crippen molar-refractivity contribution in [3.8, 4) is 0 Å². The molecule has 0 fully saturated rings. The zero-order valence-electron chi connectivity index (χ0n) is 12.5. The van der Waals surface area contributed by atoms with Crippen molar-refractivity contribution in [1.29, 1.82) is 0 Å². The van der Waals surface area contributed by atoms with Gasteiger partial charge in [0.2, 0.25) is 5.78 Å². The Morgan fingerprint density at radius 2 is 1.75 bits per heavy atom. The first-order valence-corrected chi connectivity index (χ1v) is 6.60. The van der Waals surface area contributed by atoms with Crippen LogP contribution in [-0.4, -0.2) is 62.6 Å². The number of Topliss-reactive ketones (excluding diaryl/α,β-unsaturated/α-hetero) is 2. The first kappa shape index (κ1) is 19.8. The van der Waals surface area contributed by atoms with Crippen molar-refractivity contribution >= 4 is 17.5 Å². The van der Waals surface area contributed by atoms with E-state index < -0.39 is 42.1 Å². The third-order valence-corrected chi connectivity index (χ3v) is 2.83. The first-order chi connectivity index (χ1) is 11.2. The Hall–Kier alpha value is -2.21. The van der Waals surface area contributed by atoms with Crippen LogP contribution in [0.3, 0.4) is 0 Å². The van der Waals surface area contributed by atoms with Gasteiger partial charge >= 0.3 is 5.97 Å². The summed E-state index contributed by atoms with van der Waals surface area (Å²) in [7, 11) is 0. The monoisotopic (exact) mass is 344 g/mol. The number of carbonyl (C=O) groups excluding carboxylic acids is 3. The second kappa shape index (κ2) is 8.59.